The number of unbranched alkanes of at least 4 members (excludes halogenated alkanes) is 3. The highest BCUT2D eigenvalue weighted by atomic mass is 16.2. The van der Waals surface area contributed by atoms with Gasteiger partial charge in [0.2, 0.25) is 5.91 Å². The molecule has 0 aliphatic rings. The van der Waals surface area contributed by atoms with Gasteiger partial charge >= 0.3 is 0 Å². The summed E-state index contributed by atoms with van der Waals surface area (Å²) in [6.45, 7) is 7.78. The fourth-order valence-corrected chi connectivity index (χ4v) is 3.32. The summed E-state index contributed by atoms with van der Waals surface area (Å²) in [6.07, 6.45) is 10.4. The van der Waals surface area contributed by atoms with Crippen molar-refractivity contribution in [2.75, 3.05) is 11.4 Å². The van der Waals surface area contributed by atoms with Crippen LogP contribution in [0.4, 0.5) is 5.69 Å². The molecule has 2 N–H and O–H groups in total. The summed E-state index contributed by atoms with van der Waals surface area (Å²) in [5.41, 5.74) is 9.21. The first-order chi connectivity index (χ1) is 12.5. The van der Waals surface area contributed by atoms with Crippen molar-refractivity contribution >= 4 is 11.6 Å². The molecule has 142 valence electrons. The zero-order chi connectivity index (χ0) is 18.9. The van der Waals surface area contributed by atoms with Crippen molar-refractivity contribution in [3.05, 3.63) is 48.0 Å². The highest BCUT2D eigenvalue weighted by Crippen LogP contribution is 2.26. The zero-order valence-corrected chi connectivity index (χ0v) is 16.3. The molecular weight excluding hydrogens is 324 g/mol. The molecule has 1 aromatic carbocycles. The van der Waals surface area contributed by atoms with Crippen LogP contribution in [0.2, 0.25) is 0 Å². The van der Waals surface area contributed by atoms with Gasteiger partial charge in [0.1, 0.15) is 0 Å². The number of nitrogens with two attached hydrogens (primary N) is 1. The molecule has 26 heavy (non-hydrogen) atoms. The van der Waals surface area contributed by atoms with E-state index in [-0.39, 0.29) is 11.9 Å². The van der Waals surface area contributed by atoms with Crippen molar-refractivity contribution < 1.29 is 4.79 Å². The third-order valence-corrected chi connectivity index (χ3v) is 4.61. The SMILES string of the molecule is Cc1cccc(C)c1N(CCCCCCn1ccnc1)C(=O)CC(C)N. The predicted molar refractivity (Wildman–Crippen MR) is 107 cm³/mol. The third kappa shape index (κ3) is 5.99. The van der Waals surface area contributed by atoms with Gasteiger partial charge in [-0.3, -0.25) is 4.79 Å². The van der Waals surface area contributed by atoms with Crippen LogP contribution in [0.25, 0.3) is 0 Å². The normalized spacial score (nSPS) is 12.2. The van der Waals surface area contributed by atoms with Gasteiger partial charge in [-0.25, -0.2) is 4.98 Å². The standard InChI is InChI=1S/C21H32N4O/c1-17-9-8-10-18(2)21(17)25(20(26)15-19(3)22)13-7-5-4-6-12-24-14-11-23-16-24/h8-11,14,16,19H,4-7,12-13,15,22H2,1-3H3. The van der Waals surface area contributed by atoms with Gasteiger partial charge in [-0.1, -0.05) is 31.0 Å². The van der Waals surface area contributed by atoms with Gasteiger partial charge in [-0.2, -0.15) is 0 Å². The number of nitrogens with zero attached hydrogens (tertiary/aromatic N) is 3. The predicted octanol–water partition coefficient (Wildman–Crippen LogP) is 3.83. The van der Waals surface area contributed by atoms with E-state index in [1.807, 2.05) is 36.6 Å². The molecule has 0 bridgehead atoms. The number of imidazole rings is 1. The molecule has 5 nitrogen and oxygen atoms in total. The first kappa shape index (κ1) is 20.2. The minimum atomic E-state index is -0.121. The molecule has 0 aliphatic carbocycles. The van der Waals surface area contributed by atoms with Crippen molar-refractivity contribution in [3.8, 4) is 0 Å². The average molecular weight is 357 g/mol. The Balaban J connectivity index is 1.91. The number of anilines is 1. The number of hydrogen-bond acceptors (Lipinski definition) is 3. The molecule has 0 fully saturated rings. The number of para-hydroxylation sites is 1. The van der Waals surface area contributed by atoms with E-state index in [0.717, 1.165) is 55.6 Å². The van der Waals surface area contributed by atoms with Gasteiger partial charge in [-0.15, -0.1) is 0 Å². The number of carbonyl (C=O) groups excluding carboxylic acids is 1. The lowest BCUT2D eigenvalue weighted by Gasteiger charge is -2.27. The van der Waals surface area contributed by atoms with Crippen LogP contribution >= 0.6 is 0 Å². The topological polar surface area (TPSA) is 64.2 Å². The Hall–Kier alpha value is -2.14. The lowest BCUT2D eigenvalue weighted by Crippen LogP contribution is -2.36. The van der Waals surface area contributed by atoms with Gasteiger partial charge < -0.3 is 15.2 Å². The van der Waals surface area contributed by atoms with Crippen molar-refractivity contribution in [2.45, 2.75) is 65.5 Å². The number of hydrogen-bond donors (Lipinski definition) is 1. The van der Waals surface area contributed by atoms with E-state index in [0.29, 0.717) is 6.42 Å². The summed E-state index contributed by atoms with van der Waals surface area (Å²) in [6, 6.07) is 6.06. The van der Waals surface area contributed by atoms with Crippen molar-refractivity contribution in [1.29, 1.82) is 0 Å². The van der Waals surface area contributed by atoms with Crippen molar-refractivity contribution in [1.82, 2.24) is 9.55 Å². The number of aryl methyl sites for hydroxylation is 3. The molecule has 1 heterocycles. The fraction of sp³-hybridized carbons (Fsp3) is 0.524. The maximum absolute atomic E-state index is 12.8. The second kappa shape index (κ2) is 10.1. The van der Waals surface area contributed by atoms with E-state index in [1.54, 1.807) is 0 Å². The Morgan fingerprint density at radius 2 is 1.88 bits per heavy atom. The van der Waals surface area contributed by atoms with Crippen LogP contribution in [0.3, 0.4) is 0 Å². The summed E-state index contributed by atoms with van der Waals surface area (Å²) in [5, 5.41) is 0. The van der Waals surface area contributed by atoms with Crippen LogP contribution in [0.1, 0.15) is 50.2 Å². The molecule has 5 heteroatoms. The summed E-state index contributed by atoms with van der Waals surface area (Å²) < 4.78 is 2.11. The Bertz CT molecular complexity index is 659. The molecule has 1 amide bonds. The maximum atomic E-state index is 12.8. The van der Waals surface area contributed by atoms with Crippen LogP contribution in [0, 0.1) is 13.8 Å². The second-order valence-electron chi connectivity index (χ2n) is 7.18. The van der Waals surface area contributed by atoms with Gasteiger partial charge in [0.15, 0.2) is 0 Å². The second-order valence-corrected chi connectivity index (χ2v) is 7.18. The van der Waals surface area contributed by atoms with Gasteiger partial charge in [0.25, 0.3) is 0 Å². The summed E-state index contributed by atoms with van der Waals surface area (Å²) >= 11 is 0. The van der Waals surface area contributed by atoms with Crippen LogP contribution in [-0.4, -0.2) is 28.0 Å². The molecule has 2 aromatic rings. The summed E-state index contributed by atoms with van der Waals surface area (Å²) in [5.74, 6) is 0.121. The van der Waals surface area contributed by atoms with Crippen LogP contribution < -0.4 is 10.6 Å². The Morgan fingerprint density at radius 3 is 2.50 bits per heavy atom. The van der Waals surface area contributed by atoms with E-state index in [9.17, 15) is 4.79 Å². The van der Waals surface area contributed by atoms with E-state index in [1.165, 1.54) is 0 Å². The molecule has 0 saturated carbocycles. The van der Waals surface area contributed by atoms with Crippen LogP contribution in [0.15, 0.2) is 36.9 Å². The maximum Gasteiger partial charge on any atom is 0.228 e. The fourth-order valence-electron chi connectivity index (χ4n) is 3.32. The van der Waals surface area contributed by atoms with Gasteiger partial charge in [0.05, 0.1) is 6.33 Å². The van der Waals surface area contributed by atoms with E-state index >= 15 is 0 Å². The molecule has 0 aliphatic heterocycles. The Kier molecular flexibility index (Phi) is 7.85. The molecule has 0 saturated heterocycles. The van der Waals surface area contributed by atoms with Gasteiger partial charge in [0, 0.05) is 43.6 Å². The lowest BCUT2D eigenvalue weighted by molar-refractivity contribution is -0.118. The molecule has 1 atom stereocenters. The monoisotopic (exact) mass is 356 g/mol. The average Bonchev–Trinajstić information content (AvgIpc) is 3.08. The summed E-state index contributed by atoms with van der Waals surface area (Å²) in [7, 11) is 0. The largest absolute Gasteiger partial charge is 0.337 e. The number of aromatic nitrogens is 2. The minimum Gasteiger partial charge on any atom is -0.337 e. The Labute approximate surface area is 157 Å². The first-order valence-corrected chi connectivity index (χ1v) is 9.57. The van der Waals surface area contributed by atoms with E-state index in [2.05, 4.69) is 35.5 Å². The number of benzene rings is 1. The molecule has 2 rings (SSSR count). The summed E-state index contributed by atoms with van der Waals surface area (Å²) in [4.78, 5) is 18.8. The highest BCUT2D eigenvalue weighted by Gasteiger charge is 2.19. The van der Waals surface area contributed by atoms with E-state index in [4.69, 9.17) is 5.73 Å². The zero-order valence-electron chi connectivity index (χ0n) is 16.3. The van der Waals surface area contributed by atoms with Crippen LogP contribution in [-0.2, 0) is 11.3 Å². The van der Waals surface area contributed by atoms with Crippen LogP contribution in [0.5, 0.6) is 0 Å². The number of carbonyl (C=O) groups is 1. The molecule has 1 unspecified atom stereocenters. The van der Waals surface area contributed by atoms with E-state index < -0.39 is 0 Å². The molecule has 1 aromatic heterocycles. The highest BCUT2D eigenvalue weighted by molar-refractivity contribution is 5.95. The third-order valence-electron chi connectivity index (χ3n) is 4.61. The minimum absolute atomic E-state index is 0.121. The van der Waals surface area contributed by atoms with Gasteiger partial charge in [-0.05, 0) is 44.7 Å². The first-order valence-electron chi connectivity index (χ1n) is 9.57. The van der Waals surface area contributed by atoms with Crippen molar-refractivity contribution in [3.63, 3.8) is 0 Å². The number of amides is 1. The number of rotatable bonds is 10. The molecule has 0 radical (unpaired) electrons. The molecular formula is C21H32N4O. The Morgan fingerprint density at radius 1 is 1.19 bits per heavy atom. The molecule has 0 spiro atoms. The quantitative estimate of drug-likeness (QED) is 0.658. The lowest BCUT2D eigenvalue weighted by atomic mass is 10.1. The smallest absolute Gasteiger partial charge is 0.228 e. The van der Waals surface area contributed by atoms with Crippen molar-refractivity contribution in [2.24, 2.45) is 5.73 Å².